The van der Waals surface area contributed by atoms with Crippen LogP contribution in [0.5, 0.6) is 11.5 Å². The number of fused-ring (bicyclic) bond motifs is 1. The van der Waals surface area contributed by atoms with Gasteiger partial charge in [0, 0.05) is 12.6 Å². The van der Waals surface area contributed by atoms with E-state index in [1.165, 1.54) is 23.4 Å². The molecule has 0 unspecified atom stereocenters. The minimum absolute atomic E-state index is 0.0717. The minimum atomic E-state index is -0.255. The van der Waals surface area contributed by atoms with E-state index in [-0.39, 0.29) is 17.2 Å². The first-order chi connectivity index (χ1) is 14.1. The van der Waals surface area contributed by atoms with Crippen LogP contribution in [-0.4, -0.2) is 35.4 Å². The quantitative estimate of drug-likeness (QED) is 0.348. The van der Waals surface area contributed by atoms with Crippen LogP contribution in [0.1, 0.15) is 0 Å². The molecule has 1 aromatic heterocycles. The molecule has 1 N–H and O–H groups in total. The molecule has 0 fully saturated rings. The van der Waals surface area contributed by atoms with E-state index < -0.39 is 0 Å². The fourth-order valence-corrected chi connectivity index (χ4v) is 3.58. The Morgan fingerprint density at radius 2 is 2.03 bits per heavy atom. The Labute approximate surface area is 172 Å². The van der Waals surface area contributed by atoms with Gasteiger partial charge in [-0.25, -0.2) is 4.98 Å². The van der Waals surface area contributed by atoms with Crippen LogP contribution < -0.4 is 20.3 Å². The number of para-hydroxylation sites is 1. The molecule has 150 valence electrons. The Bertz CT molecular complexity index is 1110. The number of rotatable bonds is 8. The molecule has 1 amide bonds. The van der Waals surface area contributed by atoms with Crippen molar-refractivity contribution in [3.63, 3.8) is 0 Å². The summed E-state index contributed by atoms with van der Waals surface area (Å²) in [5, 5.41) is 3.80. The molecule has 0 bridgehead atoms. The molecule has 2 aromatic carbocycles. The molecule has 0 atom stereocenters. The summed E-state index contributed by atoms with van der Waals surface area (Å²) in [6.45, 7) is 4.01. The van der Waals surface area contributed by atoms with E-state index in [9.17, 15) is 9.59 Å². The van der Waals surface area contributed by atoms with Crippen LogP contribution in [0.4, 0.5) is 5.69 Å². The number of thioether (sulfide) groups is 1. The SMILES string of the molecule is C=CCn1c(SCC(=O)Nc2cc(OC)ccc2OC)nc2ccccc2c1=O. The lowest BCUT2D eigenvalue weighted by molar-refractivity contribution is -0.113. The highest BCUT2D eigenvalue weighted by Gasteiger charge is 2.14. The molecule has 0 saturated carbocycles. The number of ether oxygens (including phenoxy) is 2. The van der Waals surface area contributed by atoms with Crippen LogP contribution in [-0.2, 0) is 11.3 Å². The number of hydrogen-bond acceptors (Lipinski definition) is 6. The van der Waals surface area contributed by atoms with Crippen LogP contribution >= 0.6 is 11.8 Å². The number of anilines is 1. The van der Waals surface area contributed by atoms with Gasteiger partial charge in [0.1, 0.15) is 11.5 Å². The normalized spacial score (nSPS) is 10.6. The smallest absolute Gasteiger partial charge is 0.262 e. The fraction of sp³-hybridized carbons (Fsp3) is 0.190. The predicted molar refractivity (Wildman–Crippen MR) is 115 cm³/mol. The Balaban J connectivity index is 1.82. The minimum Gasteiger partial charge on any atom is -0.497 e. The third-order valence-corrected chi connectivity index (χ3v) is 5.13. The summed E-state index contributed by atoms with van der Waals surface area (Å²) < 4.78 is 12.0. The second-order valence-corrected chi connectivity index (χ2v) is 6.96. The van der Waals surface area contributed by atoms with Gasteiger partial charge in [0.2, 0.25) is 5.91 Å². The molecule has 0 aliphatic heterocycles. The summed E-state index contributed by atoms with van der Waals surface area (Å²) in [7, 11) is 3.08. The third-order valence-electron chi connectivity index (χ3n) is 4.15. The molecule has 8 heteroatoms. The lowest BCUT2D eigenvalue weighted by Crippen LogP contribution is -2.23. The van der Waals surface area contributed by atoms with E-state index in [1.54, 1.807) is 49.6 Å². The summed E-state index contributed by atoms with van der Waals surface area (Å²) in [6.07, 6.45) is 1.63. The van der Waals surface area contributed by atoms with Crippen molar-refractivity contribution in [1.29, 1.82) is 0 Å². The first kappa shape index (κ1) is 20.5. The zero-order valence-electron chi connectivity index (χ0n) is 16.2. The lowest BCUT2D eigenvalue weighted by Gasteiger charge is -2.13. The molecular formula is C21H21N3O4S. The molecule has 3 aromatic rings. The largest absolute Gasteiger partial charge is 0.497 e. The third kappa shape index (κ3) is 4.60. The van der Waals surface area contributed by atoms with Gasteiger partial charge in [0.25, 0.3) is 5.56 Å². The molecule has 0 saturated heterocycles. The first-order valence-corrected chi connectivity index (χ1v) is 9.81. The summed E-state index contributed by atoms with van der Waals surface area (Å²) in [4.78, 5) is 29.8. The molecule has 0 radical (unpaired) electrons. The number of hydrogen-bond donors (Lipinski definition) is 1. The molecule has 1 heterocycles. The molecule has 7 nitrogen and oxygen atoms in total. The van der Waals surface area contributed by atoms with Crippen molar-refractivity contribution in [1.82, 2.24) is 9.55 Å². The number of benzene rings is 2. The zero-order chi connectivity index (χ0) is 20.8. The van der Waals surface area contributed by atoms with Gasteiger partial charge in [0.15, 0.2) is 5.16 Å². The van der Waals surface area contributed by atoms with E-state index in [0.717, 1.165) is 0 Å². The number of carbonyl (C=O) groups excluding carboxylic acids is 1. The van der Waals surface area contributed by atoms with Gasteiger partial charge in [-0.15, -0.1) is 6.58 Å². The highest BCUT2D eigenvalue weighted by Crippen LogP contribution is 2.29. The number of carbonyl (C=O) groups is 1. The molecular weight excluding hydrogens is 390 g/mol. The van der Waals surface area contributed by atoms with E-state index in [2.05, 4.69) is 16.9 Å². The van der Waals surface area contributed by atoms with Crippen LogP contribution in [0.3, 0.4) is 0 Å². The number of aromatic nitrogens is 2. The van der Waals surface area contributed by atoms with Crippen LogP contribution in [0.25, 0.3) is 10.9 Å². The highest BCUT2D eigenvalue weighted by atomic mass is 32.2. The second kappa shape index (κ2) is 9.29. The maximum atomic E-state index is 12.8. The summed E-state index contributed by atoms with van der Waals surface area (Å²) in [5.74, 6) is 0.942. The van der Waals surface area contributed by atoms with E-state index >= 15 is 0 Å². The standard InChI is InChI=1S/C21H21N3O4S/c1-4-11-24-20(26)15-7-5-6-8-16(15)23-21(24)29-13-19(25)22-17-12-14(27-2)9-10-18(17)28-3/h4-10,12H,1,11,13H2,2-3H3,(H,22,25). The topological polar surface area (TPSA) is 82.5 Å². The molecule has 0 spiro atoms. The fourth-order valence-electron chi connectivity index (χ4n) is 2.78. The van der Waals surface area contributed by atoms with Crippen LogP contribution in [0, 0.1) is 0 Å². The maximum Gasteiger partial charge on any atom is 0.262 e. The second-order valence-electron chi connectivity index (χ2n) is 6.02. The average molecular weight is 411 g/mol. The Hall–Kier alpha value is -3.26. The van der Waals surface area contributed by atoms with Crippen molar-refractivity contribution < 1.29 is 14.3 Å². The molecule has 3 rings (SSSR count). The number of amides is 1. The Morgan fingerprint density at radius 1 is 1.24 bits per heavy atom. The van der Waals surface area contributed by atoms with Crippen molar-refractivity contribution in [2.45, 2.75) is 11.7 Å². The zero-order valence-corrected chi connectivity index (χ0v) is 17.0. The summed E-state index contributed by atoms with van der Waals surface area (Å²) in [6, 6.07) is 12.3. The van der Waals surface area contributed by atoms with E-state index in [1.807, 2.05) is 6.07 Å². The highest BCUT2D eigenvalue weighted by molar-refractivity contribution is 7.99. The van der Waals surface area contributed by atoms with Gasteiger partial charge in [-0.2, -0.15) is 0 Å². The Morgan fingerprint density at radius 3 is 2.76 bits per heavy atom. The molecule has 0 aliphatic rings. The number of allylic oxidation sites excluding steroid dienone is 1. The first-order valence-electron chi connectivity index (χ1n) is 8.82. The van der Waals surface area contributed by atoms with E-state index in [4.69, 9.17) is 9.47 Å². The van der Waals surface area contributed by atoms with Crippen LogP contribution in [0.2, 0.25) is 0 Å². The van der Waals surface area contributed by atoms with E-state index in [0.29, 0.717) is 39.8 Å². The summed E-state index contributed by atoms with van der Waals surface area (Å²) >= 11 is 1.19. The predicted octanol–water partition coefficient (Wildman–Crippen LogP) is 3.33. The van der Waals surface area contributed by atoms with Gasteiger partial charge in [-0.05, 0) is 24.3 Å². The van der Waals surface area contributed by atoms with Gasteiger partial charge in [-0.3, -0.25) is 14.2 Å². The van der Waals surface area contributed by atoms with Crippen molar-refractivity contribution in [3.8, 4) is 11.5 Å². The summed E-state index contributed by atoms with van der Waals surface area (Å²) in [5.41, 5.74) is 0.940. The van der Waals surface area contributed by atoms with Gasteiger partial charge < -0.3 is 14.8 Å². The number of methoxy groups -OCH3 is 2. The van der Waals surface area contributed by atoms with Crippen LogP contribution in [0.15, 0.2) is 65.1 Å². The Kier molecular flexibility index (Phi) is 6.56. The van der Waals surface area contributed by atoms with Gasteiger partial charge in [0.05, 0.1) is 36.6 Å². The number of nitrogens with one attached hydrogen (secondary N) is 1. The maximum absolute atomic E-state index is 12.8. The lowest BCUT2D eigenvalue weighted by atomic mass is 10.2. The average Bonchev–Trinajstić information content (AvgIpc) is 2.74. The molecule has 0 aliphatic carbocycles. The van der Waals surface area contributed by atoms with Gasteiger partial charge in [-0.1, -0.05) is 30.0 Å². The van der Waals surface area contributed by atoms with Crippen molar-refractivity contribution in [3.05, 3.63) is 65.5 Å². The van der Waals surface area contributed by atoms with Gasteiger partial charge >= 0.3 is 0 Å². The van der Waals surface area contributed by atoms with Crippen molar-refractivity contribution in [2.24, 2.45) is 0 Å². The van der Waals surface area contributed by atoms with Crippen molar-refractivity contribution >= 4 is 34.3 Å². The molecule has 29 heavy (non-hydrogen) atoms. The number of nitrogens with zero attached hydrogens (tertiary/aromatic N) is 2. The monoisotopic (exact) mass is 411 g/mol. The van der Waals surface area contributed by atoms with Crippen molar-refractivity contribution in [2.75, 3.05) is 25.3 Å².